The molecule has 0 unspecified atom stereocenters. The van der Waals surface area contributed by atoms with Gasteiger partial charge in [0, 0.05) is 10.6 Å². The first kappa shape index (κ1) is 21.1. The maximum atomic E-state index is 11.8. The smallest absolute Gasteiger partial charge is 0.277 e. The molecule has 2 rings (SSSR count). The second-order valence-corrected chi connectivity index (χ2v) is 7.64. The van der Waals surface area contributed by atoms with Gasteiger partial charge in [0.1, 0.15) is 16.0 Å². The van der Waals surface area contributed by atoms with Crippen LogP contribution in [-0.2, 0) is 4.79 Å². The SMILES string of the molecule is O=C(COc1c(Cl)cc(Cl)cc1Cl)N/N=C/c1cc(Br)c(O)c(Br)c1O. The van der Waals surface area contributed by atoms with Crippen LogP contribution in [0.2, 0.25) is 15.1 Å². The molecule has 0 aliphatic heterocycles. The lowest BCUT2D eigenvalue weighted by Crippen LogP contribution is -2.24. The molecule has 3 N–H and O–H groups in total. The lowest BCUT2D eigenvalue weighted by Gasteiger charge is -2.09. The summed E-state index contributed by atoms with van der Waals surface area (Å²) in [6.45, 7) is -0.395. The van der Waals surface area contributed by atoms with Gasteiger partial charge in [-0.3, -0.25) is 4.79 Å². The van der Waals surface area contributed by atoms with E-state index in [-0.39, 0.29) is 37.3 Å². The van der Waals surface area contributed by atoms with E-state index in [4.69, 9.17) is 39.5 Å². The highest BCUT2D eigenvalue weighted by Gasteiger charge is 2.13. The van der Waals surface area contributed by atoms with Crippen LogP contribution in [-0.4, -0.2) is 28.9 Å². The summed E-state index contributed by atoms with van der Waals surface area (Å²) >= 11 is 23.9. The largest absolute Gasteiger partial charge is 0.506 e. The van der Waals surface area contributed by atoms with Crippen LogP contribution in [0.3, 0.4) is 0 Å². The number of amides is 1. The van der Waals surface area contributed by atoms with Gasteiger partial charge in [-0.2, -0.15) is 5.10 Å². The van der Waals surface area contributed by atoms with Crippen molar-refractivity contribution >= 4 is 78.8 Å². The summed E-state index contributed by atoms with van der Waals surface area (Å²) in [6, 6.07) is 4.29. The fourth-order valence-electron chi connectivity index (χ4n) is 1.73. The van der Waals surface area contributed by atoms with Crippen LogP contribution in [0.5, 0.6) is 17.2 Å². The number of nitrogens with zero attached hydrogens (tertiary/aromatic N) is 1. The predicted octanol–water partition coefficient (Wildman–Crippen LogP) is 5.11. The van der Waals surface area contributed by atoms with Gasteiger partial charge in [-0.25, -0.2) is 5.43 Å². The Bertz CT molecular complexity index is 871. The minimum atomic E-state index is -0.584. The normalized spacial score (nSPS) is 11.0. The van der Waals surface area contributed by atoms with Gasteiger partial charge in [-0.1, -0.05) is 34.8 Å². The van der Waals surface area contributed by atoms with Crippen molar-refractivity contribution in [3.63, 3.8) is 0 Å². The summed E-state index contributed by atoms with van der Waals surface area (Å²) in [5.74, 6) is -0.853. The summed E-state index contributed by atoms with van der Waals surface area (Å²) in [6.07, 6.45) is 1.20. The number of hydrogen-bond donors (Lipinski definition) is 3. The fraction of sp³-hybridized carbons (Fsp3) is 0.0667. The molecule has 0 atom stereocenters. The van der Waals surface area contributed by atoms with E-state index < -0.39 is 12.5 Å². The van der Waals surface area contributed by atoms with E-state index >= 15 is 0 Å². The zero-order valence-electron chi connectivity index (χ0n) is 12.6. The Kier molecular flexibility index (Phi) is 7.42. The zero-order valence-corrected chi connectivity index (χ0v) is 18.0. The summed E-state index contributed by atoms with van der Waals surface area (Å²) in [5.41, 5.74) is 2.48. The first-order chi connectivity index (χ1) is 12.2. The van der Waals surface area contributed by atoms with Crippen molar-refractivity contribution in [1.29, 1.82) is 0 Å². The van der Waals surface area contributed by atoms with Crippen LogP contribution in [0, 0.1) is 0 Å². The number of phenols is 2. The molecule has 0 aromatic heterocycles. The van der Waals surface area contributed by atoms with Crippen LogP contribution in [0.1, 0.15) is 5.56 Å². The van der Waals surface area contributed by atoms with Crippen molar-refractivity contribution < 1.29 is 19.7 Å². The topological polar surface area (TPSA) is 91.2 Å². The van der Waals surface area contributed by atoms with Crippen molar-refractivity contribution in [1.82, 2.24) is 5.43 Å². The van der Waals surface area contributed by atoms with Crippen LogP contribution < -0.4 is 10.2 Å². The van der Waals surface area contributed by atoms with E-state index in [2.05, 4.69) is 42.4 Å². The Hall–Kier alpha value is -1.19. The summed E-state index contributed by atoms with van der Waals surface area (Å²) < 4.78 is 5.69. The monoisotopic (exact) mass is 544 g/mol. The number of phenolic OH excluding ortho intramolecular Hbond substituents is 2. The van der Waals surface area contributed by atoms with Crippen molar-refractivity contribution in [2.75, 3.05) is 6.61 Å². The van der Waals surface area contributed by atoms with Gasteiger partial charge >= 0.3 is 0 Å². The van der Waals surface area contributed by atoms with E-state index in [1.807, 2.05) is 0 Å². The number of ether oxygens (including phenoxy) is 1. The van der Waals surface area contributed by atoms with Gasteiger partial charge in [-0.05, 0) is 50.1 Å². The molecule has 0 heterocycles. The molecule has 26 heavy (non-hydrogen) atoms. The van der Waals surface area contributed by atoms with Gasteiger partial charge in [-0.15, -0.1) is 0 Å². The molecule has 0 radical (unpaired) electrons. The molecular weight excluding hydrogens is 538 g/mol. The number of hydrogen-bond acceptors (Lipinski definition) is 5. The van der Waals surface area contributed by atoms with E-state index in [1.54, 1.807) is 0 Å². The van der Waals surface area contributed by atoms with Gasteiger partial charge in [0.05, 0.1) is 20.7 Å². The standard InChI is InChI=1S/C15H9Br2Cl3N2O4/c16-8-1-6(13(24)12(17)14(8)25)4-21-22-11(23)5-26-15-9(19)2-7(18)3-10(15)20/h1-4,24-25H,5H2,(H,22,23)/b21-4+. The number of rotatable bonds is 5. The van der Waals surface area contributed by atoms with Crippen molar-refractivity contribution in [3.8, 4) is 17.2 Å². The molecule has 2 aromatic carbocycles. The lowest BCUT2D eigenvalue weighted by molar-refractivity contribution is -0.123. The first-order valence-electron chi connectivity index (χ1n) is 6.70. The van der Waals surface area contributed by atoms with Crippen molar-refractivity contribution in [2.24, 2.45) is 5.10 Å². The number of hydrazone groups is 1. The van der Waals surface area contributed by atoms with Crippen molar-refractivity contribution in [2.45, 2.75) is 0 Å². The van der Waals surface area contributed by atoms with E-state index in [0.29, 0.717) is 9.50 Å². The number of benzene rings is 2. The molecule has 1 amide bonds. The number of aromatic hydroxyl groups is 2. The van der Waals surface area contributed by atoms with E-state index in [1.165, 1.54) is 24.4 Å². The molecule has 0 aliphatic rings. The Balaban J connectivity index is 1.99. The highest BCUT2D eigenvalue weighted by atomic mass is 79.9. The highest BCUT2D eigenvalue weighted by Crippen LogP contribution is 2.40. The molecular formula is C15H9Br2Cl3N2O4. The summed E-state index contributed by atoms with van der Waals surface area (Å²) in [4.78, 5) is 11.8. The Labute approximate surface area is 180 Å². The van der Waals surface area contributed by atoms with Gasteiger partial charge < -0.3 is 14.9 Å². The second-order valence-electron chi connectivity index (χ2n) is 4.74. The van der Waals surface area contributed by atoms with Crippen LogP contribution >= 0.6 is 66.7 Å². The Morgan fingerprint density at radius 3 is 2.38 bits per heavy atom. The Morgan fingerprint density at radius 2 is 1.77 bits per heavy atom. The molecule has 0 saturated heterocycles. The molecule has 0 spiro atoms. The molecule has 0 saturated carbocycles. The van der Waals surface area contributed by atoms with Crippen LogP contribution in [0.15, 0.2) is 32.2 Å². The molecule has 11 heteroatoms. The van der Waals surface area contributed by atoms with E-state index in [0.717, 1.165) is 0 Å². The average Bonchev–Trinajstić information content (AvgIpc) is 2.56. The maximum Gasteiger partial charge on any atom is 0.277 e. The van der Waals surface area contributed by atoms with E-state index in [9.17, 15) is 15.0 Å². The first-order valence-corrected chi connectivity index (χ1v) is 9.42. The van der Waals surface area contributed by atoms with Crippen LogP contribution in [0.25, 0.3) is 0 Å². The second kappa shape index (κ2) is 9.14. The maximum absolute atomic E-state index is 11.8. The van der Waals surface area contributed by atoms with Gasteiger partial charge in [0.2, 0.25) is 0 Å². The molecule has 0 bridgehead atoms. The predicted molar refractivity (Wildman–Crippen MR) is 108 cm³/mol. The third kappa shape index (κ3) is 5.17. The molecule has 138 valence electrons. The van der Waals surface area contributed by atoms with Crippen LogP contribution in [0.4, 0.5) is 0 Å². The number of carbonyl (C=O) groups excluding carboxylic acids is 1. The number of carbonyl (C=O) groups is 1. The minimum absolute atomic E-state index is 0.0926. The quantitative estimate of drug-likeness (QED) is 0.359. The third-order valence-electron chi connectivity index (χ3n) is 2.90. The summed E-state index contributed by atoms with van der Waals surface area (Å²) in [5, 5.41) is 23.9. The van der Waals surface area contributed by atoms with Crippen molar-refractivity contribution in [3.05, 3.63) is 47.8 Å². The van der Waals surface area contributed by atoms with Gasteiger partial charge in [0.25, 0.3) is 5.91 Å². The fourth-order valence-corrected chi connectivity index (χ4v) is 3.81. The lowest BCUT2D eigenvalue weighted by atomic mass is 10.2. The zero-order chi connectivity index (χ0) is 19.4. The minimum Gasteiger partial charge on any atom is -0.506 e. The Morgan fingerprint density at radius 1 is 1.15 bits per heavy atom. The number of nitrogens with one attached hydrogen (secondary N) is 1. The molecule has 2 aromatic rings. The molecule has 6 nitrogen and oxygen atoms in total. The highest BCUT2D eigenvalue weighted by molar-refractivity contribution is 9.11. The average molecular weight is 547 g/mol. The number of halogens is 5. The van der Waals surface area contributed by atoms with Gasteiger partial charge in [0.15, 0.2) is 12.4 Å². The molecule has 0 fully saturated rings. The summed E-state index contributed by atoms with van der Waals surface area (Å²) in [7, 11) is 0. The molecule has 0 aliphatic carbocycles. The third-order valence-corrected chi connectivity index (χ3v) is 5.04.